The molecule has 1 saturated carbocycles. The topological polar surface area (TPSA) is 93.5 Å². The molecule has 4 aromatic rings. The van der Waals surface area contributed by atoms with Crippen molar-refractivity contribution in [1.29, 1.82) is 0 Å². The highest BCUT2D eigenvalue weighted by Gasteiger charge is 2.36. The molecule has 39 heavy (non-hydrogen) atoms. The first kappa shape index (κ1) is 26.5. The Hall–Kier alpha value is -4.11. The highest BCUT2D eigenvalue weighted by Crippen LogP contribution is 2.39. The summed E-state index contributed by atoms with van der Waals surface area (Å²) in [6, 6.07) is 16.6. The number of carboxylic acid groups (broad SMARTS) is 1. The van der Waals surface area contributed by atoms with E-state index in [2.05, 4.69) is 10.3 Å². The van der Waals surface area contributed by atoms with Gasteiger partial charge in [0.2, 0.25) is 5.91 Å². The van der Waals surface area contributed by atoms with Crippen molar-refractivity contribution >= 4 is 28.6 Å². The lowest BCUT2D eigenvalue weighted by Gasteiger charge is -2.33. The third-order valence-electron chi connectivity index (χ3n) is 7.37. The van der Waals surface area contributed by atoms with Crippen LogP contribution in [0, 0.1) is 17.6 Å². The molecule has 0 aliphatic heterocycles. The zero-order valence-corrected chi connectivity index (χ0v) is 21.4. The van der Waals surface area contributed by atoms with Crippen molar-refractivity contribution in [2.24, 2.45) is 5.92 Å². The second kappa shape index (κ2) is 11.3. The number of nitrogens with one attached hydrogen (secondary N) is 1. The summed E-state index contributed by atoms with van der Waals surface area (Å²) in [4.78, 5) is 30.0. The van der Waals surface area contributed by atoms with Gasteiger partial charge in [0.25, 0.3) is 0 Å². The van der Waals surface area contributed by atoms with Crippen LogP contribution in [0.15, 0.2) is 66.7 Å². The predicted octanol–water partition coefficient (Wildman–Crippen LogP) is 6.51. The third-order valence-corrected chi connectivity index (χ3v) is 7.37. The minimum Gasteiger partial charge on any atom is -0.478 e. The van der Waals surface area contributed by atoms with Gasteiger partial charge in [0.1, 0.15) is 18.0 Å². The Bertz CT molecular complexity index is 1480. The van der Waals surface area contributed by atoms with Gasteiger partial charge in [0, 0.05) is 24.9 Å². The molecule has 0 spiro atoms. The van der Waals surface area contributed by atoms with Crippen LogP contribution in [0.4, 0.5) is 14.5 Å². The number of amides is 1. The summed E-state index contributed by atoms with van der Waals surface area (Å²) in [6.07, 6.45) is 3.81. The van der Waals surface area contributed by atoms with E-state index in [-0.39, 0.29) is 22.9 Å². The van der Waals surface area contributed by atoms with Crippen LogP contribution in [-0.2, 0) is 9.53 Å². The minimum atomic E-state index is -1.07. The van der Waals surface area contributed by atoms with Crippen molar-refractivity contribution in [2.75, 3.05) is 12.4 Å². The Labute approximate surface area is 224 Å². The summed E-state index contributed by atoms with van der Waals surface area (Å²) in [7, 11) is 1.53. The zero-order chi connectivity index (χ0) is 27.5. The molecule has 2 atom stereocenters. The maximum atomic E-state index is 14.6. The number of fused-ring (bicyclic) bond motifs is 1. The van der Waals surface area contributed by atoms with E-state index in [0.29, 0.717) is 17.0 Å². The molecule has 1 amide bonds. The number of carbonyl (C=O) groups is 2. The van der Waals surface area contributed by atoms with Crippen LogP contribution in [0.5, 0.6) is 0 Å². The summed E-state index contributed by atoms with van der Waals surface area (Å²) in [5, 5.41) is 12.1. The average Bonchev–Trinajstić information content (AvgIpc) is 3.28. The first-order valence-corrected chi connectivity index (χ1v) is 13.0. The molecule has 1 aliphatic carbocycles. The fourth-order valence-electron chi connectivity index (χ4n) is 5.51. The van der Waals surface area contributed by atoms with Gasteiger partial charge in [0.15, 0.2) is 11.6 Å². The molecule has 1 unspecified atom stereocenters. The number of imidazole rings is 1. The lowest BCUT2D eigenvalue weighted by molar-refractivity contribution is -0.121. The molecular weight excluding hydrogens is 504 g/mol. The second-order valence-corrected chi connectivity index (χ2v) is 9.84. The number of benzene rings is 3. The Balaban J connectivity index is 1.66. The van der Waals surface area contributed by atoms with Crippen LogP contribution in [0.1, 0.15) is 66.0 Å². The smallest absolute Gasteiger partial charge is 0.335 e. The van der Waals surface area contributed by atoms with Gasteiger partial charge < -0.3 is 19.7 Å². The number of nitrogens with zero attached hydrogens (tertiary/aromatic N) is 2. The number of methoxy groups -OCH3 is 1. The summed E-state index contributed by atoms with van der Waals surface area (Å²) in [5.41, 5.74) is 1.84. The van der Waals surface area contributed by atoms with Crippen LogP contribution >= 0.6 is 0 Å². The van der Waals surface area contributed by atoms with E-state index in [1.807, 2.05) is 30.3 Å². The molecule has 1 fully saturated rings. The summed E-state index contributed by atoms with van der Waals surface area (Å²) in [5.74, 6) is -3.19. The van der Waals surface area contributed by atoms with Crippen molar-refractivity contribution in [3.63, 3.8) is 0 Å². The lowest BCUT2D eigenvalue weighted by atomic mass is 9.83. The van der Waals surface area contributed by atoms with Crippen molar-refractivity contribution in [1.82, 2.24) is 9.55 Å². The Kier molecular flexibility index (Phi) is 7.70. The van der Waals surface area contributed by atoms with E-state index in [9.17, 15) is 23.5 Å². The molecule has 2 N–H and O–H groups in total. The molecule has 0 radical (unpaired) electrons. The summed E-state index contributed by atoms with van der Waals surface area (Å²) < 4.78 is 36.5. The maximum Gasteiger partial charge on any atom is 0.335 e. The average molecular weight is 534 g/mol. The number of aromatic nitrogens is 2. The van der Waals surface area contributed by atoms with Gasteiger partial charge in [-0.15, -0.1) is 0 Å². The zero-order valence-electron chi connectivity index (χ0n) is 21.4. The van der Waals surface area contributed by atoms with Crippen LogP contribution < -0.4 is 5.32 Å². The van der Waals surface area contributed by atoms with Crippen molar-refractivity contribution < 1.29 is 28.2 Å². The monoisotopic (exact) mass is 533 g/mol. The molecule has 1 heterocycles. The van der Waals surface area contributed by atoms with Gasteiger partial charge in [-0.3, -0.25) is 4.79 Å². The van der Waals surface area contributed by atoms with Crippen LogP contribution in [0.2, 0.25) is 0 Å². The van der Waals surface area contributed by atoms with E-state index < -0.39 is 29.7 Å². The van der Waals surface area contributed by atoms with Gasteiger partial charge in [-0.05, 0) is 48.6 Å². The fourth-order valence-corrected chi connectivity index (χ4v) is 5.51. The predicted molar refractivity (Wildman–Crippen MR) is 143 cm³/mol. The van der Waals surface area contributed by atoms with E-state index in [0.717, 1.165) is 49.8 Å². The summed E-state index contributed by atoms with van der Waals surface area (Å²) in [6.45, 7) is 0. The molecule has 3 aromatic carbocycles. The van der Waals surface area contributed by atoms with Gasteiger partial charge >= 0.3 is 5.97 Å². The molecule has 7 nitrogen and oxygen atoms in total. The van der Waals surface area contributed by atoms with Crippen molar-refractivity contribution in [2.45, 2.75) is 44.2 Å². The molecule has 1 aliphatic rings. The Morgan fingerprint density at radius 2 is 1.67 bits per heavy atom. The van der Waals surface area contributed by atoms with Gasteiger partial charge in [-0.25, -0.2) is 18.6 Å². The second-order valence-electron chi connectivity index (χ2n) is 9.84. The molecule has 1 aromatic heterocycles. The number of hydrogen-bond acceptors (Lipinski definition) is 4. The van der Waals surface area contributed by atoms with E-state index in [1.54, 1.807) is 4.57 Å². The number of halogens is 2. The quantitative estimate of drug-likeness (QED) is 0.269. The van der Waals surface area contributed by atoms with Gasteiger partial charge in [-0.1, -0.05) is 49.6 Å². The van der Waals surface area contributed by atoms with Crippen molar-refractivity contribution in [3.8, 4) is 0 Å². The largest absolute Gasteiger partial charge is 0.478 e. The minimum absolute atomic E-state index is 0.0883. The number of aromatic carboxylic acids is 1. The molecular formula is C30H29F2N3O4. The number of anilines is 1. The maximum absolute atomic E-state index is 14.6. The van der Waals surface area contributed by atoms with E-state index in [4.69, 9.17) is 4.74 Å². The summed E-state index contributed by atoms with van der Waals surface area (Å²) >= 11 is 0. The molecule has 0 saturated heterocycles. The Morgan fingerprint density at radius 1 is 1.00 bits per heavy atom. The van der Waals surface area contributed by atoms with Gasteiger partial charge in [0.05, 0.1) is 16.6 Å². The van der Waals surface area contributed by atoms with Gasteiger partial charge in [-0.2, -0.15) is 0 Å². The number of carbonyl (C=O) groups excluding carboxylic acids is 1. The number of hydrogen-bond donors (Lipinski definition) is 2. The number of carboxylic acids is 1. The normalized spacial score (nSPS) is 15.7. The standard InChI is InChI=1S/C30H29F2N3O4/c1-39-27(19-10-6-3-7-11-19)28-34-24-16-22(31)23(32)17-25(24)35(28)26(18-8-4-2-5-9-18)29(36)33-21-14-12-20(13-15-21)30(37)38/h3,6-7,10-18,26-27H,2,4-5,8-9H2,1H3,(H,33,36)(H,37,38)/t26?,27-/m1/s1. The number of rotatable bonds is 8. The Morgan fingerprint density at radius 3 is 2.31 bits per heavy atom. The van der Waals surface area contributed by atoms with Crippen LogP contribution in [-0.4, -0.2) is 33.6 Å². The molecule has 9 heteroatoms. The first-order chi connectivity index (χ1) is 18.9. The fraction of sp³-hybridized carbons (Fsp3) is 0.300. The highest BCUT2D eigenvalue weighted by atomic mass is 19.2. The first-order valence-electron chi connectivity index (χ1n) is 13.0. The third kappa shape index (κ3) is 5.40. The molecule has 5 rings (SSSR count). The van der Waals surface area contributed by atoms with Crippen LogP contribution in [0.3, 0.4) is 0 Å². The molecule has 0 bridgehead atoms. The van der Waals surface area contributed by atoms with E-state index in [1.165, 1.54) is 31.4 Å². The van der Waals surface area contributed by atoms with Crippen molar-refractivity contribution in [3.05, 3.63) is 95.3 Å². The number of ether oxygens (including phenoxy) is 1. The van der Waals surface area contributed by atoms with Crippen LogP contribution in [0.25, 0.3) is 11.0 Å². The highest BCUT2D eigenvalue weighted by molar-refractivity contribution is 5.96. The SMILES string of the molecule is CO[C@H](c1ccccc1)c1nc2cc(F)c(F)cc2n1C(C(=O)Nc1ccc(C(=O)O)cc1)C1CCCCC1. The molecule has 202 valence electrons. The lowest BCUT2D eigenvalue weighted by Crippen LogP contribution is -2.35. The van der Waals surface area contributed by atoms with E-state index >= 15 is 0 Å².